The maximum atomic E-state index is 14.7. The second-order valence-electron chi connectivity index (χ2n) is 7.43. The maximum absolute atomic E-state index is 14.7. The fraction of sp³-hybridized carbons (Fsp3) is 0.217. The third-order valence-electron chi connectivity index (χ3n) is 5.12. The number of rotatable bonds is 7. The van der Waals surface area contributed by atoms with Crippen molar-refractivity contribution in [2.75, 3.05) is 13.2 Å². The zero-order valence-corrected chi connectivity index (χ0v) is 19.1. The van der Waals surface area contributed by atoms with Crippen LogP contribution in [-0.2, 0) is 13.0 Å². The van der Waals surface area contributed by atoms with Crippen LogP contribution < -0.4 is 5.32 Å². The zero-order valence-electron chi connectivity index (χ0n) is 17.5. The Bertz CT molecular complexity index is 1330. The lowest BCUT2D eigenvalue weighted by Gasteiger charge is -2.09. The van der Waals surface area contributed by atoms with Gasteiger partial charge in [-0.3, -0.25) is 4.79 Å². The molecule has 0 saturated heterocycles. The Hall–Kier alpha value is -2.85. The largest absolute Gasteiger partial charge is 0.395 e. The normalized spacial score (nSPS) is 11.3. The van der Waals surface area contributed by atoms with Crippen molar-refractivity contribution in [1.29, 1.82) is 0 Å². The van der Waals surface area contributed by atoms with Crippen LogP contribution in [0.4, 0.5) is 8.78 Å². The van der Waals surface area contributed by atoms with Crippen molar-refractivity contribution in [3.8, 4) is 5.69 Å². The van der Waals surface area contributed by atoms with Crippen LogP contribution in [0.15, 0.2) is 36.4 Å². The molecule has 0 spiro atoms. The quantitative estimate of drug-likeness (QED) is 0.363. The Kier molecular flexibility index (Phi) is 6.76. The number of halogens is 3. The van der Waals surface area contributed by atoms with Gasteiger partial charge in [-0.15, -0.1) is 11.3 Å². The molecule has 0 aliphatic heterocycles. The molecular formula is C23H20ClF2N3O3S. The lowest BCUT2D eigenvalue weighted by molar-refractivity contribution is 0.0941. The smallest absolute Gasteiger partial charge is 0.255 e. The van der Waals surface area contributed by atoms with Gasteiger partial charge in [0.15, 0.2) is 0 Å². The molecule has 1 amide bonds. The van der Waals surface area contributed by atoms with Gasteiger partial charge >= 0.3 is 0 Å². The van der Waals surface area contributed by atoms with Crippen molar-refractivity contribution in [2.45, 2.75) is 20.0 Å². The van der Waals surface area contributed by atoms with Crippen molar-refractivity contribution in [3.63, 3.8) is 0 Å². The summed E-state index contributed by atoms with van der Waals surface area (Å²) in [5, 5.41) is 26.6. The summed E-state index contributed by atoms with van der Waals surface area (Å²) in [6.45, 7) is 1.01. The number of aliphatic hydroxyl groups is 2. The molecule has 4 aromatic rings. The highest BCUT2D eigenvalue weighted by Gasteiger charge is 2.23. The Balaban J connectivity index is 1.80. The van der Waals surface area contributed by atoms with Crippen molar-refractivity contribution < 1.29 is 23.8 Å². The monoisotopic (exact) mass is 491 g/mol. The first kappa shape index (κ1) is 23.3. The van der Waals surface area contributed by atoms with Gasteiger partial charge in [0.25, 0.3) is 5.91 Å². The summed E-state index contributed by atoms with van der Waals surface area (Å²) in [6.07, 6.45) is 0.357. The molecule has 4 rings (SSSR count). The zero-order chi connectivity index (χ0) is 23.7. The highest BCUT2D eigenvalue weighted by Crippen LogP contribution is 2.35. The summed E-state index contributed by atoms with van der Waals surface area (Å²) in [6, 6.07) is 8.80. The highest BCUT2D eigenvalue weighted by molar-refractivity contribution is 7.19. The number of carbonyl (C=O) groups is 1. The van der Waals surface area contributed by atoms with Gasteiger partial charge < -0.3 is 15.5 Å². The van der Waals surface area contributed by atoms with E-state index in [2.05, 4.69) is 10.4 Å². The molecule has 0 radical (unpaired) electrons. The van der Waals surface area contributed by atoms with Gasteiger partial charge in [-0.1, -0.05) is 11.6 Å². The molecule has 0 bridgehead atoms. The number of aliphatic hydroxyl groups excluding tert-OH is 2. The first-order valence-corrected chi connectivity index (χ1v) is 11.3. The van der Waals surface area contributed by atoms with E-state index in [1.807, 2.05) is 0 Å². The van der Waals surface area contributed by atoms with Crippen LogP contribution in [0.5, 0.6) is 0 Å². The minimum Gasteiger partial charge on any atom is -0.395 e. The summed E-state index contributed by atoms with van der Waals surface area (Å²) in [4.78, 5) is 13.3. The Morgan fingerprint density at radius 1 is 1.21 bits per heavy atom. The van der Waals surface area contributed by atoms with E-state index in [0.29, 0.717) is 33.5 Å². The third-order valence-corrected chi connectivity index (χ3v) is 6.50. The second-order valence-corrected chi connectivity index (χ2v) is 9.01. The second kappa shape index (κ2) is 9.56. The minimum atomic E-state index is -0.471. The molecule has 0 unspecified atom stereocenters. The number of benzene rings is 2. The van der Waals surface area contributed by atoms with Crippen molar-refractivity contribution in [3.05, 3.63) is 80.4 Å². The van der Waals surface area contributed by atoms with Gasteiger partial charge in [0.2, 0.25) is 0 Å². The van der Waals surface area contributed by atoms with Crippen LogP contribution in [-0.4, -0.2) is 39.1 Å². The van der Waals surface area contributed by atoms with Gasteiger partial charge in [-0.25, -0.2) is 13.5 Å². The van der Waals surface area contributed by atoms with Gasteiger partial charge in [-0.05, 0) is 48.9 Å². The van der Waals surface area contributed by atoms with Gasteiger partial charge in [0.1, 0.15) is 11.6 Å². The molecule has 0 aliphatic rings. The molecule has 2 aromatic heterocycles. The molecule has 6 nitrogen and oxygen atoms in total. The van der Waals surface area contributed by atoms with Gasteiger partial charge in [0.05, 0.1) is 40.6 Å². The van der Waals surface area contributed by atoms with E-state index in [4.69, 9.17) is 16.7 Å². The first-order chi connectivity index (χ1) is 15.8. The fourth-order valence-corrected chi connectivity index (χ4v) is 5.22. The van der Waals surface area contributed by atoms with E-state index in [-0.39, 0.29) is 29.4 Å². The lowest BCUT2D eigenvalue weighted by atomic mass is 10.1. The minimum absolute atomic E-state index is 0.0630. The SMILES string of the molecule is Cc1nn(-c2ccc(F)c3cc(Cc4cc(F)cc(Cl)c4)sc23)c(CO)c1C(=O)NCCO. The average Bonchev–Trinajstić information content (AvgIpc) is 3.32. The van der Waals surface area contributed by atoms with Gasteiger partial charge in [-0.2, -0.15) is 5.10 Å². The number of nitrogens with one attached hydrogen (secondary N) is 1. The molecule has 172 valence electrons. The topological polar surface area (TPSA) is 87.4 Å². The van der Waals surface area contributed by atoms with E-state index in [1.54, 1.807) is 19.1 Å². The standard InChI is InChI=1S/C23H20ClF2N3O3S/c1-12-21(23(32)27-4-5-30)20(11-31)29(28-12)19-3-2-18(26)17-10-16(33-22(17)19)8-13-6-14(24)9-15(25)7-13/h2-3,6-7,9-10,30-31H,4-5,8,11H2,1H3,(H,27,32). The lowest BCUT2D eigenvalue weighted by Crippen LogP contribution is -2.27. The molecule has 0 atom stereocenters. The summed E-state index contributed by atoms with van der Waals surface area (Å²) >= 11 is 7.27. The van der Waals surface area contributed by atoms with Crippen molar-refractivity contribution in [2.24, 2.45) is 0 Å². The Morgan fingerprint density at radius 2 is 2.00 bits per heavy atom. The fourth-order valence-electron chi connectivity index (χ4n) is 3.77. The number of nitrogens with zero attached hydrogens (tertiary/aromatic N) is 2. The predicted molar refractivity (Wildman–Crippen MR) is 123 cm³/mol. The number of fused-ring (bicyclic) bond motifs is 1. The summed E-state index contributed by atoms with van der Waals surface area (Å²) in [7, 11) is 0. The maximum Gasteiger partial charge on any atom is 0.255 e. The summed E-state index contributed by atoms with van der Waals surface area (Å²) in [5.74, 6) is -1.34. The first-order valence-electron chi connectivity index (χ1n) is 10.1. The average molecular weight is 492 g/mol. The van der Waals surface area contributed by atoms with E-state index in [9.17, 15) is 18.7 Å². The molecule has 0 saturated carbocycles. The Morgan fingerprint density at radius 3 is 2.70 bits per heavy atom. The van der Waals surface area contributed by atoms with Crippen LogP contribution in [0.1, 0.15) is 32.2 Å². The van der Waals surface area contributed by atoms with Gasteiger partial charge in [0, 0.05) is 28.3 Å². The molecule has 2 heterocycles. The number of aryl methyl sites for hydroxylation is 1. The molecule has 3 N–H and O–H groups in total. The molecular weight excluding hydrogens is 472 g/mol. The van der Waals surface area contributed by atoms with E-state index in [1.165, 1.54) is 40.3 Å². The number of amides is 1. The van der Waals surface area contributed by atoms with Crippen LogP contribution in [0, 0.1) is 18.6 Å². The molecule has 0 aliphatic carbocycles. The molecule has 33 heavy (non-hydrogen) atoms. The highest BCUT2D eigenvalue weighted by atomic mass is 35.5. The van der Waals surface area contributed by atoms with Crippen molar-refractivity contribution >= 4 is 38.9 Å². The van der Waals surface area contributed by atoms with Crippen molar-refractivity contribution in [1.82, 2.24) is 15.1 Å². The molecule has 10 heteroatoms. The van der Waals surface area contributed by atoms with E-state index in [0.717, 1.165) is 4.88 Å². The number of carbonyl (C=O) groups excluding carboxylic acids is 1. The number of thiophene rings is 1. The van der Waals surface area contributed by atoms with Crippen LogP contribution in [0.3, 0.4) is 0 Å². The molecule has 0 fully saturated rings. The Labute approximate surface area is 197 Å². The van der Waals surface area contributed by atoms with E-state index < -0.39 is 24.1 Å². The number of hydrogen-bond donors (Lipinski definition) is 3. The summed E-state index contributed by atoms with van der Waals surface area (Å²) < 4.78 is 30.4. The molecule has 2 aromatic carbocycles. The number of aromatic nitrogens is 2. The predicted octanol–water partition coefficient (Wildman–Crippen LogP) is 4.13. The van der Waals surface area contributed by atoms with Crippen LogP contribution in [0.25, 0.3) is 15.8 Å². The van der Waals surface area contributed by atoms with Crippen LogP contribution >= 0.6 is 22.9 Å². The summed E-state index contributed by atoms with van der Waals surface area (Å²) in [5.41, 5.74) is 2.01. The number of hydrogen-bond acceptors (Lipinski definition) is 5. The third kappa shape index (κ3) is 4.63. The van der Waals surface area contributed by atoms with E-state index >= 15 is 0 Å². The van der Waals surface area contributed by atoms with Crippen LogP contribution in [0.2, 0.25) is 5.02 Å².